The average molecular weight is 224 g/mol. The van der Waals surface area contributed by atoms with Crippen molar-refractivity contribution in [2.75, 3.05) is 0 Å². The van der Waals surface area contributed by atoms with Crippen LogP contribution in [0.25, 0.3) is 0 Å². The molecule has 1 unspecified atom stereocenters. The van der Waals surface area contributed by atoms with Gasteiger partial charge >= 0.3 is 0 Å². The molecule has 0 radical (unpaired) electrons. The smallest absolute Gasteiger partial charge is 0.0248 e. The van der Waals surface area contributed by atoms with Crippen LogP contribution in [0.15, 0.2) is 0 Å². The van der Waals surface area contributed by atoms with E-state index in [4.69, 9.17) is 0 Å². The predicted octanol–water partition coefficient (Wildman–Crippen LogP) is 3.00. The highest BCUT2D eigenvalue weighted by Gasteiger charge is 2.43. The first kappa shape index (κ1) is 6.84. The highest BCUT2D eigenvalue weighted by atomic mass is 127. The number of hydrogen-bond acceptors (Lipinski definition) is 0. The number of hydrogen-bond donors (Lipinski definition) is 0. The summed E-state index contributed by atoms with van der Waals surface area (Å²) in [6.45, 7) is 4.64. The Morgan fingerprint density at radius 1 is 1.62 bits per heavy atom. The summed E-state index contributed by atoms with van der Waals surface area (Å²) in [6, 6.07) is 0. The van der Waals surface area contributed by atoms with Crippen molar-refractivity contribution in [3.05, 3.63) is 0 Å². The summed E-state index contributed by atoms with van der Waals surface area (Å²) in [7, 11) is 0. The van der Waals surface area contributed by atoms with Gasteiger partial charge in [0.2, 0.25) is 0 Å². The van der Waals surface area contributed by atoms with Gasteiger partial charge in [0.15, 0.2) is 0 Å². The van der Waals surface area contributed by atoms with E-state index in [-0.39, 0.29) is 0 Å². The first-order valence-corrected chi connectivity index (χ1v) is 4.46. The summed E-state index contributed by atoms with van der Waals surface area (Å²) >= 11 is 2.61. The second-order valence-corrected chi connectivity index (χ2v) is 4.99. The van der Waals surface area contributed by atoms with E-state index in [1.165, 1.54) is 19.3 Å². The average Bonchev–Trinajstić information content (AvgIpc) is 2.47. The monoisotopic (exact) mass is 224 g/mol. The highest BCUT2D eigenvalue weighted by Crippen LogP contribution is 2.51. The van der Waals surface area contributed by atoms with E-state index in [2.05, 4.69) is 36.4 Å². The third kappa shape index (κ3) is 1.17. The van der Waals surface area contributed by atoms with E-state index < -0.39 is 0 Å². The van der Waals surface area contributed by atoms with Crippen molar-refractivity contribution in [3.8, 4) is 0 Å². The highest BCUT2D eigenvalue weighted by molar-refractivity contribution is 14.1. The largest absolute Gasteiger partial charge is 0.0786 e. The molecule has 0 aromatic carbocycles. The third-order valence-corrected chi connectivity index (χ3v) is 4.37. The molecule has 1 aliphatic carbocycles. The Morgan fingerprint density at radius 3 is 2.25 bits per heavy atom. The molecule has 0 bridgehead atoms. The molecular formula is C7H13I. The lowest BCUT2D eigenvalue weighted by Gasteiger charge is -2.13. The van der Waals surface area contributed by atoms with Crippen LogP contribution in [-0.2, 0) is 0 Å². The van der Waals surface area contributed by atoms with Crippen molar-refractivity contribution in [1.29, 1.82) is 0 Å². The second kappa shape index (κ2) is 2.16. The van der Waals surface area contributed by atoms with E-state index in [1.54, 1.807) is 0 Å². The first-order valence-electron chi connectivity index (χ1n) is 3.38. The van der Waals surface area contributed by atoms with Gasteiger partial charge in [-0.15, -0.1) is 0 Å². The fourth-order valence-corrected chi connectivity index (χ4v) is 1.69. The lowest BCUT2D eigenvalue weighted by Crippen LogP contribution is -2.09. The zero-order chi connectivity index (χ0) is 6.20. The van der Waals surface area contributed by atoms with E-state index in [1.807, 2.05) is 0 Å². The molecule has 48 valence electrons. The zero-order valence-corrected chi connectivity index (χ0v) is 7.73. The van der Waals surface area contributed by atoms with E-state index in [0.717, 1.165) is 9.34 Å². The number of rotatable bonds is 2. The maximum atomic E-state index is 2.61. The third-order valence-electron chi connectivity index (χ3n) is 2.22. The van der Waals surface area contributed by atoms with Crippen LogP contribution in [0, 0.1) is 5.92 Å². The molecule has 1 atom stereocenters. The van der Waals surface area contributed by atoms with Crippen LogP contribution in [0.4, 0.5) is 0 Å². The molecule has 0 N–H and O–H groups in total. The van der Waals surface area contributed by atoms with E-state index >= 15 is 0 Å². The van der Waals surface area contributed by atoms with Crippen LogP contribution in [0.3, 0.4) is 0 Å². The summed E-state index contributed by atoms with van der Waals surface area (Å²) in [6.07, 6.45) is 4.27. The van der Waals surface area contributed by atoms with Crippen LogP contribution < -0.4 is 0 Å². The van der Waals surface area contributed by atoms with Crippen molar-refractivity contribution < 1.29 is 0 Å². The van der Waals surface area contributed by atoms with Gasteiger partial charge in [0, 0.05) is 3.42 Å². The zero-order valence-electron chi connectivity index (χ0n) is 5.58. The van der Waals surface area contributed by atoms with Crippen molar-refractivity contribution in [3.63, 3.8) is 0 Å². The Labute approximate surface area is 65.2 Å². The van der Waals surface area contributed by atoms with Crippen LogP contribution in [-0.4, -0.2) is 3.42 Å². The van der Waals surface area contributed by atoms with Gasteiger partial charge in [-0.1, -0.05) is 42.9 Å². The van der Waals surface area contributed by atoms with Crippen molar-refractivity contribution in [1.82, 2.24) is 0 Å². The minimum atomic E-state index is 0.729. The maximum absolute atomic E-state index is 2.61. The Hall–Kier alpha value is 0.730. The molecule has 0 nitrogen and oxygen atoms in total. The summed E-state index contributed by atoms with van der Waals surface area (Å²) in [5, 5.41) is 0. The molecule has 1 aliphatic rings. The molecule has 1 fully saturated rings. The second-order valence-electron chi connectivity index (χ2n) is 2.84. The summed E-state index contributed by atoms with van der Waals surface area (Å²) < 4.78 is 0.729. The fourth-order valence-electron chi connectivity index (χ4n) is 0.978. The fraction of sp³-hybridized carbons (Fsp3) is 1.00. The molecule has 0 aromatic rings. The van der Waals surface area contributed by atoms with Crippen LogP contribution in [0.1, 0.15) is 33.1 Å². The first-order chi connectivity index (χ1) is 3.69. The Bertz CT molecular complexity index is 84.4. The van der Waals surface area contributed by atoms with Crippen molar-refractivity contribution in [2.24, 2.45) is 5.92 Å². The molecule has 8 heavy (non-hydrogen) atoms. The van der Waals surface area contributed by atoms with Crippen LogP contribution >= 0.6 is 22.6 Å². The quantitative estimate of drug-likeness (QED) is 0.499. The normalized spacial score (nSPS) is 27.4. The van der Waals surface area contributed by atoms with Crippen LogP contribution in [0.2, 0.25) is 0 Å². The number of halogens is 1. The molecule has 0 heterocycles. The molecule has 0 amide bonds. The van der Waals surface area contributed by atoms with Gasteiger partial charge < -0.3 is 0 Å². The van der Waals surface area contributed by atoms with Gasteiger partial charge in [-0.2, -0.15) is 0 Å². The topological polar surface area (TPSA) is 0 Å². The molecule has 1 rings (SSSR count). The number of alkyl halides is 1. The van der Waals surface area contributed by atoms with Crippen molar-refractivity contribution in [2.45, 2.75) is 36.5 Å². The van der Waals surface area contributed by atoms with Gasteiger partial charge in [0.1, 0.15) is 0 Å². The molecular weight excluding hydrogens is 211 g/mol. The van der Waals surface area contributed by atoms with Gasteiger partial charge in [-0.25, -0.2) is 0 Å². The molecule has 0 spiro atoms. The van der Waals surface area contributed by atoms with Gasteiger partial charge in [0.05, 0.1) is 0 Å². The van der Waals surface area contributed by atoms with Gasteiger partial charge in [-0.05, 0) is 18.8 Å². The molecule has 0 aliphatic heterocycles. The SMILES string of the molecule is CCC(C)C1(I)CC1. The lowest BCUT2D eigenvalue weighted by atomic mass is 10.0. The molecule has 0 aromatic heterocycles. The minimum absolute atomic E-state index is 0.729. The Morgan fingerprint density at radius 2 is 2.12 bits per heavy atom. The summed E-state index contributed by atoms with van der Waals surface area (Å²) in [5.41, 5.74) is 0. The molecule has 1 saturated carbocycles. The minimum Gasteiger partial charge on any atom is -0.0786 e. The standard InChI is InChI=1S/C7H13I/c1-3-6(2)7(8)4-5-7/h6H,3-5H2,1-2H3. The van der Waals surface area contributed by atoms with E-state index in [9.17, 15) is 0 Å². The molecule has 0 saturated heterocycles. The van der Waals surface area contributed by atoms with Crippen molar-refractivity contribution >= 4 is 22.6 Å². The van der Waals surface area contributed by atoms with Crippen LogP contribution in [0.5, 0.6) is 0 Å². The Kier molecular flexibility index (Phi) is 1.85. The van der Waals surface area contributed by atoms with Gasteiger partial charge in [0.25, 0.3) is 0 Å². The van der Waals surface area contributed by atoms with E-state index in [0.29, 0.717) is 0 Å². The summed E-state index contributed by atoms with van der Waals surface area (Å²) in [5.74, 6) is 0.947. The molecule has 1 heteroatoms. The van der Waals surface area contributed by atoms with Gasteiger partial charge in [-0.3, -0.25) is 0 Å². The Balaban J connectivity index is 2.34. The predicted molar refractivity (Wildman–Crippen MR) is 45.4 cm³/mol. The lowest BCUT2D eigenvalue weighted by molar-refractivity contribution is 0.542. The maximum Gasteiger partial charge on any atom is 0.0248 e. The summed E-state index contributed by atoms with van der Waals surface area (Å²) in [4.78, 5) is 0.